The van der Waals surface area contributed by atoms with Gasteiger partial charge in [-0.2, -0.15) is 9.78 Å². The van der Waals surface area contributed by atoms with Crippen LogP contribution in [-0.2, 0) is 0 Å². The zero-order chi connectivity index (χ0) is 18.3. The van der Waals surface area contributed by atoms with E-state index in [1.165, 1.54) is 22.3 Å². The number of rotatable bonds is 3. The van der Waals surface area contributed by atoms with Gasteiger partial charge in [-0.15, -0.1) is 0 Å². The zero-order valence-corrected chi connectivity index (χ0v) is 14.2. The number of halogens is 1. The average Bonchev–Trinajstić information content (AvgIpc) is 3.00. The lowest BCUT2D eigenvalue weighted by atomic mass is 10.1. The van der Waals surface area contributed by atoms with Crippen molar-refractivity contribution in [2.45, 2.75) is 6.92 Å². The topological polar surface area (TPSA) is 61.4 Å². The van der Waals surface area contributed by atoms with Gasteiger partial charge in [0.25, 0.3) is 0 Å². The van der Waals surface area contributed by atoms with E-state index < -0.39 is 0 Å². The Morgan fingerprint density at radius 2 is 1.96 bits per heavy atom. The van der Waals surface area contributed by atoms with E-state index in [0.717, 1.165) is 0 Å². The summed E-state index contributed by atoms with van der Waals surface area (Å²) in [4.78, 5) is 17.1. The lowest BCUT2D eigenvalue weighted by Crippen LogP contribution is -2.28. The number of nitrogens with zero attached hydrogens (tertiary/aromatic N) is 4. The molecule has 26 heavy (non-hydrogen) atoms. The van der Waals surface area contributed by atoms with Gasteiger partial charge in [-0.3, -0.25) is 4.40 Å². The summed E-state index contributed by atoms with van der Waals surface area (Å²) in [6, 6.07) is 11.5. The van der Waals surface area contributed by atoms with Gasteiger partial charge in [-0.25, -0.2) is 14.2 Å². The molecule has 6 nitrogen and oxygen atoms in total. The summed E-state index contributed by atoms with van der Waals surface area (Å²) in [5.41, 5.74) is 1.81. The van der Waals surface area contributed by atoms with Crippen LogP contribution in [0.5, 0.6) is 5.75 Å². The Hall–Kier alpha value is -3.48. The highest BCUT2D eigenvalue weighted by atomic mass is 19.1. The van der Waals surface area contributed by atoms with Crippen molar-refractivity contribution < 1.29 is 9.13 Å². The number of benzene rings is 1. The smallest absolute Gasteiger partial charge is 0.355 e. The van der Waals surface area contributed by atoms with E-state index in [1.807, 2.05) is 0 Å². The average molecular weight is 350 g/mol. The van der Waals surface area contributed by atoms with Crippen molar-refractivity contribution in [3.8, 4) is 22.7 Å². The van der Waals surface area contributed by atoms with E-state index in [1.54, 1.807) is 55.7 Å². The Morgan fingerprint density at radius 3 is 2.69 bits per heavy atom. The molecule has 130 valence electrons. The molecule has 0 saturated heterocycles. The van der Waals surface area contributed by atoms with Crippen molar-refractivity contribution >= 4 is 5.52 Å². The predicted molar refractivity (Wildman–Crippen MR) is 95.3 cm³/mol. The summed E-state index contributed by atoms with van der Waals surface area (Å²) in [7, 11) is 1.52. The first-order valence-electron chi connectivity index (χ1n) is 7.96. The van der Waals surface area contributed by atoms with Crippen molar-refractivity contribution in [2.75, 3.05) is 7.11 Å². The third-order valence-electron chi connectivity index (χ3n) is 4.28. The van der Waals surface area contributed by atoms with Crippen LogP contribution in [-0.4, -0.2) is 26.3 Å². The Labute approximate surface area is 148 Å². The number of methoxy groups -OCH3 is 1. The second-order valence-electron chi connectivity index (χ2n) is 5.78. The van der Waals surface area contributed by atoms with Gasteiger partial charge in [-0.1, -0.05) is 6.07 Å². The van der Waals surface area contributed by atoms with Crippen LogP contribution in [0.3, 0.4) is 0 Å². The molecule has 0 aliphatic rings. The number of aryl methyl sites for hydroxylation is 1. The summed E-state index contributed by atoms with van der Waals surface area (Å²) in [5.74, 6) is 0.574. The van der Waals surface area contributed by atoms with Crippen molar-refractivity contribution in [1.82, 2.24) is 19.2 Å². The molecule has 0 fully saturated rings. The Bertz CT molecular complexity index is 1170. The van der Waals surface area contributed by atoms with Gasteiger partial charge in [0.15, 0.2) is 5.82 Å². The van der Waals surface area contributed by atoms with Crippen LogP contribution in [0.1, 0.15) is 5.69 Å². The quantitative estimate of drug-likeness (QED) is 0.570. The molecule has 0 atom stereocenters. The predicted octanol–water partition coefficient (Wildman–Crippen LogP) is 3.00. The van der Waals surface area contributed by atoms with E-state index in [2.05, 4.69) is 10.1 Å². The molecule has 4 rings (SSSR count). The van der Waals surface area contributed by atoms with Crippen molar-refractivity contribution in [2.24, 2.45) is 0 Å². The van der Waals surface area contributed by atoms with E-state index >= 15 is 0 Å². The molecule has 3 heterocycles. The number of aromatic nitrogens is 4. The number of pyridine rings is 1. The number of ether oxygens (including phenoxy) is 1. The van der Waals surface area contributed by atoms with Gasteiger partial charge >= 0.3 is 5.69 Å². The van der Waals surface area contributed by atoms with Gasteiger partial charge in [0.1, 0.15) is 11.6 Å². The minimum absolute atomic E-state index is 0.367. The first kappa shape index (κ1) is 16.0. The Balaban J connectivity index is 1.97. The zero-order valence-electron chi connectivity index (χ0n) is 14.2. The molecule has 0 aliphatic heterocycles. The lowest BCUT2D eigenvalue weighted by Gasteiger charge is -2.07. The highest BCUT2D eigenvalue weighted by Gasteiger charge is 2.17. The molecular weight excluding hydrogens is 335 g/mol. The maximum atomic E-state index is 14.4. The van der Waals surface area contributed by atoms with Gasteiger partial charge in [0, 0.05) is 23.0 Å². The number of hydrogen-bond acceptors (Lipinski definition) is 4. The fraction of sp³-hybridized carbons (Fsp3) is 0.105. The molecule has 0 radical (unpaired) electrons. The first-order valence-corrected chi connectivity index (χ1v) is 7.96. The molecular formula is C19H15FN4O2. The minimum atomic E-state index is -0.386. The summed E-state index contributed by atoms with van der Waals surface area (Å²) < 4.78 is 22.3. The fourth-order valence-corrected chi connectivity index (χ4v) is 2.99. The van der Waals surface area contributed by atoms with E-state index in [4.69, 9.17) is 4.74 Å². The molecule has 7 heteroatoms. The van der Waals surface area contributed by atoms with Crippen molar-refractivity contribution in [3.05, 3.63) is 76.9 Å². The van der Waals surface area contributed by atoms with Gasteiger partial charge < -0.3 is 4.74 Å². The van der Waals surface area contributed by atoms with E-state index in [-0.39, 0.29) is 11.5 Å². The molecule has 0 amide bonds. The van der Waals surface area contributed by atoms with Crippen molar-refractivity contribution in [3.63, 3.8) is 0 Å². The van der Waals surface area contributed by atoms with Crippen LogP contribution in [0.25, 0.3) is 22.5 Å². The monoisotopic (exact) mass is 350 g/mol. The molecule has 3 aromatic heterocycles. The van der Waals surface area contributed by atoms with Gasteiger partial charge in [0.05, 0.1) is 18.8 Å². The normalized spacial score (nSPS) is 11.0. The molecule has 0 aliphatic carbocycles. The second kappa shape index (κ2) is 6.11. The fourth-order valence-electron chi connectivity index (χ4n) is 2.99. The lowest BCUT2D eigenvalue weighted by molar-refractivity contribution is 0.414. The van der Waals surface area contributed by atoms with Crippen LogP contribution in [0, 0.1) is 12.7 Å². The van der Waals surface area contributed by atoms with Crippen LogP contribution >= 0.6 is 0 Å². The highest BCUT2D eigenvalue weighted by Crippen LogP contribution is 2.31. The van der Waals surface area contributed by atoms with Crippen LogP contribution in [0.2, 0.25) is 0 Å². The number of fused-ring (bicyclic) bond motifs is 1. The second-order valence-corrected chi connectivity index (χ2v) is 5.78. The molecule has 1 aromatic carbocycles. The summed E-state index contributed by atoms with van der Waals surface area (Å²) >= 11 is 0. The molecule has 0 N–H and O–H groups in total. The van der Waals surface area contributed by atoms with E-state index in [0.29, 0.717) is 33.9 Å². The maximum Gasteiger partial charge on any atom is 0.355 e. The Morgan fingerprint density at radius 1 is 1.12 bits per heavy atom. The van der Waals surface area contributed by atoms with Gasteiger partial charge in [-0.05, 0) is 43.3 Å². The van der Waals surface area contributed by atoms with Crippen LogP contribution in [0.4, 0.5) is 4.39 Å². The molecule has 0 bridgehead atoms. The molecule has 0 spiro atoms. The standard InChI is InChI=1S/C19H15FN4O2/c1-12-15(16-10-14(26-2)6-7-17(16)20)9-13-11-22-24(19(25)23(12)13)18-5-3-4-8-21-18/h3-11H,1-2H3. The minimum Gasteiger partial charge on any atom is -0.497 e. The summed E-state index contributed by atoms with van der Waals surface area (Å²) in [5, 5.41) is 4.18. The largest absolute Gasteiger partial charge is 0.497 e. The van der Waals surface area contributed by atoms with Crippen LogP contribution in [0.15, 0.2) is 59.7 Å². The highest BCUT2D eigenvalue weighted by molar-refractivity contribution is 5.74. The van der Waals surface area contributed by atoms with Crippen molar-refractivity contribution in [1.29, 1.82) is 0 Å². The molecule has 0 saturated carbocycles. The summed E-state index contributed by atoms with van der Waals surface area (Å²) in [6.45, 7) is 1.77. The molecule has 0 unspecified atom stereocenters. The third kappa shape index (κ3) is 2.45. The third-order valence-corrected chi connectivity index (χ3v) is 4.28. The maximum absolute atomic E-state index is 14.4. The summed E-state index contributed by atoms with van der Waals surface area (Å²) in [6.07, 6.45) is 3.15. The Kier molecular flexibility index (Phi) is 3.76. The molecule has 4 aromatic rings. The number of hydrogen-bond donors (Lipinski definition) is 0. The van der Waals surface area contributed by atoms with E-state index in [9.17, 15) is 9.18 Å². The van der Waals surface area contributed by atoms with Gasteiger partial charge in [0.2, 0.25) is 0 Å². The first-order chi connectivity index (χ1) is 12.6. The SMILES string of the molecule is COc1ccc(F)c(-c2cc3cnn(-c4ccccn4)c(=O)n3c2C)c1. The van der Waals surface area contributed by atoms with Crippen LogP contribution < -0.4 is 10.4 Å².